The Hall–Kier alpha value is -1.19. The fourth-order valence-corrected chi connectivity index (χ4v) is 4.42. The molecule has 0 spiro atoms. The first-order valence-corrected chi connectivity index (χ1v) is 9.93. The van der Waals surface area contributed by atoms with Crippen molar-refractivity contribution in [1.29, 1.82) is 0 Å². The fourth-order valence-electron chi connectivity index (χ4n) is 4.42. The van der Waals surface area contributed by atoms with Crippen molar-refractivity contribution in [3.8, 4) is 0 Å². The molecular formula is C21H30N2O. The minimum Gasteiger partial charge on any atom is -0.309 e. The molecule has 0 bridgehead atoms. The minimum absolute atomic E-state index is 0.269. The normalized spacial score (nSPS) is 26.9. The summed E-state index contributed by atoms with van der Waals surface area (Å²) in [4.78, 5) is 15.3. The van der Waals surface area contributed by atoms with Gasteiger partial charge in [-0.25, -0.2) is 0 Å². The van der Waals surface area contributed by atoms with Gasteiger partial charge in [0.1, 0.15) is 0 Å². The molecule has 1 N–H and O–H groups in total. The van der Waals surface area contributed by atoms with Gasteiger partial charge in [0, 0.05) is 30.1 Å². The number of ketones is 1. The molecule has 24 heavy (non-hydrogen) atoms. The highest BCUT2D eigenvalue weighted by Gasteiger charge is 2.31. The maximum atomic E-state index is 12.7. The summed E-state index contributed by atoms with van der Waals surface area (Å²) in [5, 5.41) is 3.70. The van der Waals surface area contributed by atoms with E-state index in [9.17, 15) is 4.79 Å². The van der Waals surface area contributed by atoms with Crippen molar-refractivity contribution >= 4 is 5.78 Å². The first-order valence-electron chi connectivity index (χ1n) is 9.93. The molecule has 1 saturated heterocycles. The lowest BCUT2D eigenvalue weighted by atomic mass is 9.83. The number of nitrogens with zero attached hydrogens (tertiary/aromatic N) is 1. The van der Waals surface area contributed by atoms with E-state index in [0.29, 0.717) is 11.8 Å². The fraction of sp³-hybridized carbons (Fsp3) is 0.667. The summed E-state index contributed by atoms with van der Waals surface area (Å²) in [6.45, 7) is 3.43. The topological polar surface area (TPSA) is 32.3 Å². The summed E-state index contributed by atoms with van der Waals surface area (Å²) in [5.41, 5.74) is 2.25. The van der Waals surface area contributed by atoms with E-state index in [0.717, 1.165) is 37.5 Å². The molecule has 1 unspecified atom stereocenters. The number of Topliss-reactive ketones (excluding diaryl/α,β-unsaturated/α-hetero) is 1. The van der Waals surface area contributed by atoms with Crippen LogP contribution < -0.4 is 5.32 Å². The molecule has 1 aliphatic heterocycles. The number of hydrogen-bond donors (Lipinski definition) is 1. The van der Waals surface area contributed by atoms with E-state index in [4.69, 9.17) is 0 Å². The molecule has 4 rings (SSSR count). The van der Waals surface area contributed by atoms with Gasteiger partial charge in [0.05, 0.1) is 0 Å². The molecule has 3 aliphatic rings. The summed E-state index contributed by atoms with van der Waals surface area (Å²) in [5.74, 6) is 0.639. The van der Waals surface area contributed by atoms with E-state index in [2.05, 4.69) is 34.5 Å². The molecule has 2 aliphatic carbocycles. The van der Waals surface area contributed by atoms with E-state index in [1.54, 1.807) is 0 Å². The summed E-state index contributed by atoms with van der Waals surface area (Å²) in [6, 6.07) is 9.75. The van der Waals surface area contributed by atoms with E-state index in [1.807, 2.05) is 0 Å². The highest BCUT2D eigenvalue weighted by molar-refractivity contribution is 5.97. The van der Waals surface area contributed by atoms with Gasteiger partial charge in [0.25, 0.3) is 0 Å². The number of hydrogen-bond acceptors (Lipinski definition) is 3. The molecule has 130 valence electrons. The van der Waals surface area contributed by atoms with E-state index in [1.165, 1.54) is 50.6 Å². The Kier molecular flexibility index (Phi) is 5.00. The van der Waals surface area contributed by atoms with E-state index < -0.39 is 0 Å². The molecule has 1 aromatic rings. The van der Waals surface area contributed by atoms with Crippen molar-refractivity contribution < 1.29 is 4.79 Å². The summed E-state index contributed by atoms with van der Waals surface area (Å²) >= 11 is 0. The third-order valence-electron chi connectivity index (χ3n) is 6.07. The third kappa shape index (κ3) is 3.73. The van der Waals surface area contributed by atoms with Crippen molar-refractivity contribution in [1.82, 2.24) is 10.2 Å². The molecule has 2 saturated carbocycles. The van der Waals surface area contributed by atoms with Gasteiger partial charge in [-0.15, -0.1) is 0 Å². The Morgan fingerprint density at radius 3 is 2.42 bits per heavy atom. The number of carbonyl (C=O) groups is 1. The molecule has 3 nitrogen and oxygen atoms in total. The Bertz CT molecular complexity index is 558. The average molecular weight is 326 g/mol. The van der Waals surface area contributed by atoms with Gasteiger partial charge in [-0.05, 0) is 50.8 Å². The molecule has 0 amide bonds. The molecule has 0 radical (unpaired) electrons. The number of nitrogens with one attached hydrogen (secondary N) is 1. The monoisotopic (exact) mass is 326 g/mol. The SMILES string of the molecule is O=C(c1ccc(C2CN(C3CC3)CCCN2)cc1)C1CCCCC1. The van der Waals surface area contributed by atoms with Crippen LogP contribution in [0.25, 0.3) is 0 Å². The van der Waals surface area contributed by atoms with Crippen molar-refractivity contribution in [3.05, 3.63) is 35.4 Å². The Labute approximate surface area is 145 Å². The van der Waals surface area contributed by atoms with Crippen LogP contribution in [0.2, 0.25) is 0 Å². The van der Waals surface area contributed by atoms with Crippen molar-refractivity contribution in [2.45, 2.75) is 63.5 Å². The van der Waals surface area contributed by atoms with Crippen LogP contribution in [0.4, 0.5) is 0 Å². The molecule has 3 fully saturated rings. The maximum absolute atomic E-state index is 12.7. The van der Waals surface area contributed by atoms with Crippen molar-refractivity contribution in [3.63, 3.8) is 0 Å². The first-order chi connectivity index (χ1) is 11.8. The second-order valence-corrected chi connectivity index (χ2v) is 7.91. The van der Waals surface area contributed by atoms with Gasteiger partial charge >= 0.3 is 0 Å². The number of carbonyl (C=O) groups excluding carboxylic acids is 1. The number of rotatable bonds is 4. The van der Waals surface area contributed by atoms with Crippen LogP contribution in [-0.4, -0.2) is 36.4 Å². The van der Waals surface area contributed by atoms with Gasteiger partial charge in [0.2, 0.25) is 0 Å². The molecular weight excluding hydrogens is 296 g/mol. The quantitative estimate of drug-likeness (QED) is 0.850. The zero-order chi connectivity index (χ0) is 16.4. The Morgan fingerprint density at radius 1 is 0.958 bits per heavy atom. The molecule has 0 aromatic heterocycles. The Morgan fingerprint density at radius 2 is 1.71 bits per heavy atom. The predicted octanol–water partition coefficient (Wildman–Crippen LogP) is 3.95. The van der Waals surface area contributed by atoms with Crippen LogP contribution in [0.3, 0.4) is 0 Å². The van der Waals surface area contributed by atoms with Gasteiger partial charge in [-0.2, -0.15) is 0 Å². The van der Waals surface area contributed by atoms with Crippen LogP contribution in [-0.2, 0) is 0 Å². The lowest BCUT2D eigenvalue weighted by Crippen LogP contribution is -2.32. The van der Waals surface area contributed by atoms with E-state index >= 15 is 0 Å². The molecule has 1 heterocycles. The van der Waals surface area contributed by atoms with Crippen LogP contribution in [0, 0.1) is 5.92 Å². The summed E-state index contributed by atoms with van der Waals surface area (Å²) in [7, 11) is 0. The van der Waals surface area contributed by atoms with Gasteiger partial charge in [0.15, 0.2) is 5.78 Å². The lowest BCUT2D eigenvalue weighted by Gasteiger charge is -2.25. The number of benzene rings is 1. The smallest absolute Gasteiger partial charge is 0.165 e. The molecule has 3 heteroatoms. The summed E-state index contributed by atoms with van der Waals surface area (Å²) in [6.07, 6.45) is 9.90. The van der Waals surface area contributed by atoms with Crippen molar-refractivity contribution in [2.75, 3.05) is 19.6 Å². The average Bonchev–Trinajstić information content (AvgIpc) is 3.48. The molecule has 1 atom stereocenters. The first kappa shape index (κ1) is 16.3. The maximum Gasteiger partial charge on any atom is 0.165 e. The van der Waals surface area contributed by atoms with Crippen molar-refractivity contribution in [2.24, 2.45) is 5.92 Å². The highest BCUT2D eigenvalue weighted by Crippen LogP contribution is 2.31. The standard InChI is InChI=1S/C21H30N2O/c24-21(17-5-2-1-3-6-17)18-9-7-16(8-10-18)20-15-23(19-11-12-19)14-4-13-22-20/h7-10,17,19-20,22H,1-6,11-15H2. The third-order valence-corrected chi connectivity index (χ3v) is 6.07. The Balaban J connectivity index is 1.43. The second-order valence-electron chi connectivity index (χ2n) is 7.91. The van der Waals surface area contributed by atoms with Crippen LogP contribution in [0.5, 0.6) is 0 Å². The van der Waals surface area contributed by atoms with Gasteiger partial charge in [-0.1, -0.05) is 43.5 Å². The highest BCUT2D eigenvalue weighted by atomic mass is 16.1. The minimum atomic E-state index is 0.269. The largest absolute Gasteiger partial charge is 0.309 e. The van der Waals surface area contributed by atoms with Crippen LogP contribution >= 0.6 is 0 Å². The zero-order valence-electron chi connectivity index (χ0n) is 14.7. The lowest BCUT2D eigenvalue weighted by molar-refractivity contribution is 0.0889. The predicted molar refractivity (Wildman–Crippen MR) is 97.3 cm³/mol. The zero-order valence-corrected chi connectivity index (χ0v) is 14.7. The van der Waals surface area contributed by atoms with Gasteiger partial charge < -0.3 is 5.32 Å². The van der Waals surface area contributed by atoms with Crippen LogP contribution in [0.15, 0.2) is 24.3 Å². The summed E-state index contributed by atoms with van der Waals surface area (Å²) < 4.78 is 0. The van der Waals surface area contributed by atoms with E-state index in [-0.39, 0.29) is 5.92 Å². The van der Waals surface area contributed by atoms with Gasteiger partial charge in [-0.3, -0.25) is 9.69 Å². The molecule has 1 aromatic carbocycles. The van der Waals surface area contributed by atoms with Crippen LogP contribution in [0.1, 0.15) is 73.3 Å². The second kappa shape index (κ2) is 7.37.